The van der Waals surface area contributed by atoms with E-state index in [1.165, 1.54) is 35.4 Å². The minimum atomic E-state index is -1.26. The molecule has 0 bridgehead atoms. The van der Waals surface area contributed by atoms with E-state index in [9.17, 15) is 18.4 Å². The summed E-state index contributed by atoms with van der Waals surface area (Å²) in [6.07, 6.45) is 5.18. The van der Waals surface area contributed by atoms with Gasteiger partial charge in [0.1, 0.15) is 17.7 Å². The molecule has 7 nitrogen and oxygen atoms in total. The summed E-state index contributed by atoms with van der Waals surface area (Å²) < 4.78 is 33.0. The number of ether oxygens (including phenoxy) is 1. The lowest BCUT2D eigenvalue weighted by atomic mass is 10.0. The molecule has 222 valence electrons. The Balaban J connectivity index is 0.000000531. The number of aryl methyl sites for hydroxylation is 1. The van der Waals surface area contributed by atoms with E-state index in [-0.39, 0.29) is 17.7 Å². The van der Waals surface area contributed by atoms with Gasteiger partial charge in [-0.1, -0.05) is 66.2 Å². The minimum Gasteiger partial charge on any atom is -0.478 e. The lowest BCUT2D eigenvalue weighted by Crippen LogP contribution is -2.47. The summed E-state index contributed by atoms with van der Waals surface area (Å²) in [5, 5.41) is 15.6. The van der Waals surface area contributed by atoms with E-state index in [4.69, 9.17) is 14.9 Å². The number of hydrogen-bond donors (Lipinski definition) is 2. The van der Waals surface area contributed by atoms with Crippen LogP contribution in [0.4, 0.5) is 8.78 Å². The molecule has 0 aromatic heterocycles. The summed E-state index contributed by atoms with van der Waals surface area (Å²) in [7, 11) is 0. The molecule has 1 heterocycles. The van der Waals surface area contributed by atoms with Crippen LogP contribution in [0.2, 0.25) is 0 Å². The number of piperazine rings is 1. The van der Waals surface area contributed by atoms with Gasteiger partial charge in [0.2, 0.25) is 0 Å². The van der Waals surface area contributed by atoms with Crippen molar-refractivity contribution in [2.24, 2.45) is 0 Å². The van der Waals surface area contributed by atoms with E-state index in [0.717, 1.165) is 50.4 Å². The molecule has 0 saturated carbocycles. The van der Waals surface area contributed by atoms with Crippen LogP contribution >= 0.6 is 0 Å². The number of rotatable bonds is 11. The summed E-state index contributed by atoms with van der Waals surface area (Å²) in [6, 6.07) is 21.2. The maximum absolute atomic E-state index is 13.4. The highest BCUT2D eigenvalue weighted by atomic mass is 19.1. The second-order valence-electron chi connectivity index (χ2n) is 9.82. The fourth-order valence-electron chi connectivity index (χ4n) is 4.31. The number of carboxylic acid groups (broad SMARTS) is 2. The molecular formula is C33H36F2N2O5. The highest BCUT2D eigenvalue weighted by Crippen LogP contribution is 2.26. The molecule has 0 unspecified atom stereocenters. The van der Waals surface area contributed by atoms with Gasteiger partial charge in [0.05, 0.1) is 6.61 Å². The average molecular weight is 579 g/mol. The fraction of sp³-hybridized carbons (Fsp3) is 0.273. The first-order valence-electron chi connectivity index (χ1n) is 13.6. The standard InChI is InChI=1S/C29H32F2N2O.C4H4O4/c1-23-4-6-24(7-5-23)3-2-16-32-17-19-33(20-18-32)21-22-34-29(25-8-12-27(30)13-9-25)26-10-14-28(31)15-11-26;5-3(6)1-2-4(7)8/h2-15,29H,16-22H2,1H3;1-2H,(H,5,6)(H,7,8)/b;2-1-. The van der Waals surface area contributed by atoms with Crippen LogP contribution < -0.4 is 0 Å². The molecule has 0 spiro atoms. The van der Waals surface area contributed by atoms with Crippen LogP contribution in [0.3, 0.4) is 0 Å². The minimum absolute atomic E-state index is 0.284. The SMILES string of the molecule is Cc1ccc(C=CCN2CCN(CCOC(c3ccc(F)cc3)c3ccc(F)cc3)CC2)cc1.O=C(O)/C=C\C(=O)O. The number of carboxylic acids is 2. The van der Waals surface area contributed by atoms with Gasteiger partial charge in [-0.2, -0.15) is 0 Å². The van der Waals surface area contributed by atoms with Crippen LogP contribution in [0.1, 0.15) is 28.4 Å². The predicted octanol–water partition coefficient (Wildman–Crippen LogP) is 5.42. The molecule has 3 aromatic carbocycles. The Morgan fingerprint density at radius 1 is 0.786 bits per heavy atom. The first kappa shape index (κ1) is 32.3. The lowest BCUT2D eigenvalue weighted by Gasteiger charge is -2.34. The molecule has 1 fully saturated rings. The summed E-state index contributed by atoms with van der Waals surface area (Å²) in [5.41, 5.74) is 4.23. The van der Waals surface area contributed by atoms with Gasteiger partial charge in [0.15, 0.2) is 0 Å². The zero-order chi connectivity index (χ0) is 30.3. The maximum Gasteiger partial charge on any atom is 0.328 e. The summed E-state index contributed by atoms with van der Waals surface area (Å²) in [4.78, 5) is 24.0. The number of hydrogen-bond acceptors (Lipinski definition) is 5. The lowest BCUT2D eigenvalue weighted by molar-refractivity contribution is -0.134. The van der Waals surface area contributed by atoms with E-state index in [2.05, 4.69) is 53.1 Å². The largest absolute Gasteiger partial charge is 0.478 e. The van der Waals surface area contributed by atoms with Crippen LogP contribution in [-0.2, 0) is 14.3 Å². The Bertz CT molecular complexity index is 1260. The second kappa shape index (κ2) is 16.9. The molecule has 3 aromatic rings. The van der Waals surface area contributed by atoms with Crippen LogP contribution in [0.15, 0.2) is 91.0 Å². The van der Waals surface area contributed by atoms with Crippen LogP contribution in [0.25, 0.3) is 6.08 Å². The molecule has 42 heavy (non-hydrogen) atoms. The summed E-state index contributed by atoms with van der Waals surface area (Å²) in [6.45, 7) is 8.48. The van der Waals surface area contributed by atoms with Crippen molar-refractivity contribution in [3.05, 3.63) is 125 Å². The van der Waals surface area contributed by atoms with Crippen molar-refractivity contribution in [2.45, 2.75) is 13.0 Å². The van der Waals surface area contributed by atoms with Crippen molar-refractivity contribution >= 4 is 18.0 Å². The molecule has 1 saturated heterocycles. The fourth-order valence-corrected chi connectivity index (χ4v) is 4.31. The first-order chi connectivity index (χ1) is 20.2. The third-order valence-corrected chi connectivity index (χ3v) is 6.62. The Hall–Kier alpha value is -4.18. The van der Waals surface area contributed by atoms with E-state index < -0.39 is 11.9 Å². The van der Waals surface area contributed by atoms with Crippen molar-refractivity contribution in [2.75, 3.05) is 45.9 Å². The highest BCUT2D eigenvalue weighted by molar-refractivity contribution is 5.89. The monoisotopic (exact) mass is 578 g/mol. The van der Waals surface area contributed by atoms with Gasteiger partial charge in [-0.25, -0.2) is 18.4 Å². The van der Waals surface area contributed by atoms with Gasteiger partial charge in [0, 0.05) is 51.4 Å². The van der Waals surface area contributed by atoms with Crippen LogP contribution in [0.5, 0.6) is 0 Å². The van der Waals surface area contributed by atoms with Gasteiger partial charge < -0.3 is 14.9 Å². The molecule has 4 rings (SSSR count). The molecule has 0 atom stereocenters. The topological polar surface area (TPSA) is 90.3 Å². The molecular weight excluding hydrogens is 542 g/mol. The Morgan fingerprint density at radius 2 is 1.26 bits per heavy atom. The maximum atomic E-state index is 13.4. The number of nitrogens with zero attached hydrogens (tertiary/aromatic N) is 2. The van der Waals surface area contributed by atoms with E-state index in [0.29, 0.717) is 18.8 Å². The number of benzene rings is 3. The van der Waals surface area contributed by atoms with Gasteiger partial charge in [-0.3, -0.25) is 9.80 Å². The van der Waals surface area contributed by atoms with E-state index in [1.807, 2.05) is 0 Å². The van der Waals surface area contributed by atoms with Gasteiger partial charge >= 0.3 is 11.9 Å². The van der Waals surface area contributed by atoms with Crippen molar-refractivity contribution in [1.82, 2.24) is 9.80 Å². The van der Waals surface area contributed by atoms with Gasteiger partial charge in [-0.15, -0.1) is 0 Å². The van der Waals surface area contributed by atoms with Crippen LogP contribution in [0, 0.1) is 18.6 Å². The first-order valence-corrected chi connectivity index (χ1v) is 13.6. The molecule has 0 radical (unpaired) electrons. The Morgan fingerprint density at radius 3 is 1.74 bits per heavy atom. The number of halogens is 2. The number of aliphatic carboxylic acids is 2. The zero-order valence-electron chi connectivity index (χ0n) is 23.5. The third-order valence-electron chi connectivity index (χ3n) is 6.62. The predicted molar refractivity (Wildman–Crippen MR) is 158 cm³/mol. The zero-order valence-corrected chi connectivity index (χ0v) is 23.5. The van der Waals surface area contributed by atoms with Gasteiger partial charge in [0.25, 0.3) is 0 Å². The molecule has 0 amide bonds. The molecule has 9 heteroatoms. The summed E-state index contributed by atoms with van der Waals surface area (Å²) in [5.74, 6) is -3.08. The Kier molecular flexibility index (Phi) is 13.0. The molecule has 1 aliphatic rings. The quantitative estimate of drug-likeness (QED) is 0.294. The highest BCUT2D eigenvalue weighted by Gasteiger charge is 2.18. The molecule has 2 N–H and O–H groups in total. The normalized spacial score (nSPS) is 14.3. The number of carbonyl (C=O) groups is 2. The Labute approximate surface area is 245 Å². The van der Waals surface area contributed by atoms with Crippen LogP contribution in [-0.4, -0.2) is 77.8 Å². The molecule has 1 aliphatic heterocycles. The van der Waals surface area contributed by atoms with Crippen molar-refractivity contribution in [3.63, 3.8) is 0 Å². The summed E-state index contributed by atoms with van der Waals surface area (Å²) >= 11 is 0. The van der Waals surface area contributed by atoms with Gasteiger partial charge in [-0.05, 0) is 47.9 Å². The average Bonchev–Trinajstić information content (AvgIpc) is 2.98. The van der Waals surface area contributed by atoms with E-state index >= 15 is 0 Å². The molecule has 0 aliphatic carbocycles. The van der Waals surface area contributed by atoms with Crippen molar-refractivity contribution < 1.29 is 33.3 Å². The second-order valence-corrected chi connectivity index (χ2v) is 9.82. The van der Waals surface area contributed by atoms with Crippen molar-refractivity contribution in [3.8, 4) is 0 Å². The smallest absolute Gasteiger partial charge is 0.328 e. The van der Waals surface area contributed by atoms with E-state index in [1.54, 1.807) is 24.3 Å². The van der Waals surface area contributed by atoms with Crippen molar-refractivity contribution in [1.29, 1.82) is 0 Å². The third kappa shape index (κ3) is 11.7.